The van der Waals surface area contributed by atoms with Crippen LogP contribution in [0.3, 0.4) is 0 Å². The van der Waals surface area contributed by atoms with Crippen molar-refractivity contribution in [1.29, 1.82) is 5.41 Å². The Kier molecular flexibility index (Phi) is 43.3. The number of aromatic amines is 1. The third-order valence-electron chi connectivity index (χ3n) is 25.4. The topological polar surface area (TPSA) is 723 Å². The Morgan fingerprint density at radius 1 is 0.392 bits per heavy atom. The first-order chi connectivity index (χ1) is 67.7. The van der Waals surface area contributed by atoms with E-state index in [2.05, 4.69) is 89.7 Å². The van der Waals surface area contributed by atoms with Crippen molar-refractivity contribution in [2.75, 3.05) is 26.2 Å². The Balaban J connectivity index is 1.18. The van der Waals surface area contributed by atoms with Crippen molar-refractivity contribution < 1.29 is 111 Å². The Hall–Kier alpha value is -14.5. The summed E-state index contributed by atoms with van der Waals surface area (Å²) in [6, 6.07) is -3.08. The molecule has 3 aromatic carbocycles. The highest BCUT2D eigenvalue weighted by Gasteiger charge is 2.48. The van der Waals surface area contributed by atoms with E-state index in [1.807, 2.05) is 0 Å². The average Bonchev–Trinajstić information content (AvgIpc) is 1.72. The van der Waals surface area contributed by atoms with Crippen molar-refractivity contribution in [3.63, 3.8) is 0 Å². The Morgan fingerprint density at radius 3 is 1.08 bits per heavy atom. The molecule has 5 heterocycles. The number of nitrogens with zero attached hydrogens (tertiary/aromatic N) is 4. The number of primary amides is 2. The van der Waals surface area contributed by atoms with Gasteiger partial charge in [-0.3, -0.25) is 101 Å². The van der Waals surface area contributed by atoms with E-state index in [1.54, 1.807) is 133 Å². The van der Waals surface area contributed by atoms with E-state index in [0.717, 1.165) is 21.6 Å². The molecule has 47 heteroatoms. The molecule has 20 atom stereocenters. The fraction of sp³-hybridized carbons (Fsp3) is 0.562. The molecule has 47 nitrogen and oxygen atoms in total. The number of benzene rings is 3. The number of hydrogen-bond acceptors (Lipinski definition) is 24. The summed E-state index contributed by atoms with van der Waals surface area (Å²) < 4.78 is 0. The standard InChI is InChI=1S/C96H138N24O23/c1-11-52(8)76-92(140)114-75(51(6)7)91(139)117-78(54(10)122)95(143)120-40-23-32-67(120)86(134)104-59(31-21-37-102-96(99)100)80(128)116-77(53(9)121)94(142)119-39-24-33-68(119)87(135)105-60(35-36-72(125)126)79(127)111-66(46-71(98)124)93(141)118-38-22-34-69(118)88(136)112-74(50(4)5)90(138)113-73(49(2)3)89(137)110-64(44-58-47-101-48-103-58)84(132)108-62(42-56-27-17-13-18-28-56)82(130)106-61(41-55-25-15-12-16-26-55)81(129)107-63(43-57-29-19-14-20-30-57)83(131)109-65(45-70(97)123)85(133)115-76/h12-20,25-30,47-54,59-69,73-78,121-122H,11,21-24,31-46H2,1-10H3,(H2,97,123)(H2,98,124)(H,101,103)(H,104,134)(H,105,135)(H,106,130)(H,107,129)(H,108,132)(H,109,131)(H,110,137)(H,111,127)(H,112,136)(H,113,138)(H,114,140)(H,115,133)(H,116,128)(H,117,139)(H,125,126)(H4,99,100,102)/t52-,53+,54+,59-,60-,61-,62-,63-,64-,65-,66-,67-,68-,69-,73-,74-,75-,76-,77-,78-/m0/s1. The molecule has 8 rings (SSSR count). The highest BCUT2D eigenvalue weighted by atomic mass is 16.4. The molecule has 0 spiro atoms. The molecule has 4 fully saturated rings. The number of hydrogen-bond donors (Lipinski definition) is 23. The minimum Gasteiger partial charge on any atom is -0.481 e. The van der Waals surface area contributed by atoms with Gasteiger partial charge in [-0.15, -0.1) is 0 Å². The quantitative estimate of drug-likeness (QED) is 0.0159. The summed E-state index contributed by atoms with van der Waals surface area (Å²) in [6.45, 7) is 14.3. The van der Waals surface area contributed by atoms with E-state index in [0.29, 0.717) is 16.7 Å². The van der Waals surface area contributed by atoms with Crippen LogP contribution in [0, 0.1) is 29.1 Å². The summed E-state index contributed by atoms with van der Waals surface area (Å²) in [5.41, 5.74) is 18.7. The van der Waals surface area contributed by atoms with Crippen molar-refractivity contribution in [3.8, 4) is 0 Å². The highest BCUT2D eigenvalue weighted by molar-refractivity contribution is 6.04. The largest absolute Gasteiger partial charge is 0.481 e. The summed E-state index contributed by atoms with van der Waals surface area (Å²) in [7, 11) is 0. The zero-order chi connectivity index (χ0) is 105. The number of carboxylic acid groups (broad SMARTS) is 1. The molecule has 4 saturated heterocycles. The second-order valence-electron chi connectivity index (χ2n) is 37.7. The molecule has 4 aromatic rings. The van der Waals surface area contributed by atoms with Crippen LogP contribution >= 0.6 is 0 Å². The third kappa shape index (κ3) is 33.6. The van der Waals surface area contributed by atoms with Crippen molar-refractivity contribution in [2.24, 2.45) is 40.9 Å². The van der Waals surface area contributed by atoms with Crippen LogP contribution in [0.1, 0.15) is 175 Å². The van der Waals surface area contributed by atoms with Gasteiger partial charge in [0, 0.05) is 64.5 Å². The van der Waals surface area contributed by atoms with Gasteiger partial charge in [-0.05, 0) is 112 Å². The van der Waals surface area contributed by atoms with Gasteiger partial charge in [0.05, 0.1) is 37.1 Å². The average molecular weight is 2000 g/mol. The highest BCUT2D eigenvalue weighted by Crippen LogP contribution is 2.26. The van der Waals surface area contributed by atoms with Gasteiger partial charge in [0.2, 0.25) is 112 Å². The molecule has 4 aliphatic rings. The number of nitrogens with two attached hydrogens (primary N) is 3. The number of rotatable bonds is 26. The van der Waals surface area contributed by atoms with Gasteiger partial charge in [-0.2, -0.15) is 0 Å². The molecule has 780 valence electrons. The summed E-state index contributed by atoms with van der Waals surface area (Å²) >= 11 is 0. The summed E-state index contributed by atoms with van der Waals surface area (Å²) in [5.74, 6) is -24.9. The van der Waals surface area contributed by atoms with E-state index < -0.39 is 288 Å². The fourth-order valence-electron chi connectivity index (χ4n) is 17.3. The number of H-pyrrole nitrogens is 1. The van der Waals surface area contributed by atoms with Crippen molar-refractivity contribution in [3.05, 3.63) is 126 Å². The number of carboxylic acids is 1. The molecule has 19 amide bonds. The van der Waals surface area contributed by atoms with E-state index in [9.17, 15) is 87.2 Å². The van der Waals surface area contributed by atoms with Gasteiger partial charge < -0.3 is 132 Å². The van der Waals surface area contributed by atoms with Crippen LogP contribution in [0.4, 0.5) is 0 Å². The van der Waals surface area contributed by atoms with Crippen LogP contribution in [0.25, 0.3) is 0 Å². The normalized spacial score (nSPS) is 26.4. The van der Waals surface area contributed by atoms with Crippen LogP contribution in [-0.4, -0.2) is 305 Å². The van der Waals surface area contributed by atoms with E-state index in [-0.39, 0.29) is 115 Å². The lowest BCUT2D eigenvalue weighted by atomic mass is 9.95. The van der Waals surface area contributed by atoms with Crippen molar-refractivity contribution >= 4 is 124 Å². The summed E-state index contributed by atoms with van der Waals surface area (Å²) in [4.78, 5) is 302. The second-order valence-corrected chi connectivity index (χ2v) is 37.7. The fourth-order valence-corrected chi connectivity index (χ4v) is 17.3. The lowest BCUT2D eigenvalue weighted by Crippen LogP contribution is -2.63. The van der Waals surface area contributed by atoms with Crippen molar-refractivity contribution in [1.82, 2.24) is 104 Å². The molecule has 4 aliphatic heterocycles. The first kappa shape index (κ1) is 114. The van der Waals surface area contributed by atoms with Crippen molar-refractivity contribution in [2.45, 2.75) is 293 Å². The number of nitrogens with one attached hydrogen (secondary N) is 17. The lowest BCUT2D eigenvalue weighted by molar-refractivity contribution is -0.146. The number of aromatic nitrogens is 2. The van der Waals surface area contributed by atoms with Gasteiger partial charge in [0.15, 0.2) is 5.96 Å². The monoisotopic (exact) mass is 2000 g/mol. The maximum absolute atomic E-state index is 15.4. The molecule has 1 aromatic heterocycles. The van der Waals surface area contributed by atoms with Crippen LogP contribution in [-0.2, 0) is 122 Å². The molecule has 0 aliphatic carbocycles. The molecule has 26 N–H and O–H groups in total. The zero-order valence-electron chi connectivity index (χ0n) is 82.0. The molecule has 143 heavy (non-hydrogen) atoms. The molecular weight excluding hydrogens is 1860 g/mol. The Labute approximate surface area is 827 Å². The minimum atomic E-state index is -1.90. The van der Waals surface area contributed by atoms with Gasteiger partial charge in [0.25, 0.3) is 0 Å². The number of carbonyl (C=O) groups is 20. The summed E-state index contributed by atoms with van der Waals surface area (Å²) in [6.07, 6.45) is -5.17. The van der Waals surface area contributed by atoms with Crippen LogP contribution in [0.15, 0.2) is 104 Å². The van der Waals surface area contributed by atoms with Gasteiger partial charge >= 0.3 is 5.97 Å². The molecule has 0 unspecified atom stereocenters. The smallest absolute Gasteiger partial charge is 0.303 e. The lowest BCUT2D eigenvalue weighted by Gasteiger charge is -2.33. The number of imidazole rings is 1. The molecule has 0 bridgehead atoms. The second kappa shape index (κ2) is 54.5. The van der Waals surface area contributed by atoms with E-state index >= 15 is 24.0 Å². The van der Waals surface area contributed by atoms with E-state index in [1.165, 1.54) is 33.3 Å². The number of guanidine groups is 1. The molecule has 0 radical (unpaired) electrons. The number of aliphatic hydroxyl groups is 2. The van der Waals surface area contributed by atoms with Crippen LogP contribution in [0.2, 0.25) is 0 Å². The molecule has 0 saturated carbocycles. The zero-order valence-corrected chi connectivity index (χ0v) is 82.0. The predicted molar refractivity (Wildman–Crippen MR) is 515 cm³/mol. The number of carbonyl (C=O) groups excluding carboxylic acids is 19. The van der Waals surface area contributed by atoms with E-state index in [4.69, 9.17) is 22.6 Å². The minimum absolute atomic E-state index is 0.0129. The predicted octanol–water partition coefficient (Wildman–Crippen LogP) is -4.89. The number of fused-ring (bicyclic) bond motifs is 3. The molecular formula is C96H138N24O23. The van der Waals surface area contributed by atoms with Crippen LogP contribution in [0.5, 0.6) is 0 Å². The number of aliphatic hydroxyl groups excluding tert-OH is 2. The number of amides is 19. The first-order valence-electron chi connectivity index (χ1n) is 48.2. The maximum Gasteiger partial charge on any atom is 0.303 e. The van der Waals surface area contributed by atoms with Gasteiger partial charge in [-0.25, -0.2) is 4.98 Å². The first-order valence-corrected chi connectivity index (χ1v) is 48.2. The third-order valence-corrected chi connectivity index (χ3v) is 25.4. The van der Waals surface area contributed by atoms with Gasteiger partial charge in [0.1, 0.15) is 103 Å². The number of aliphatic carboxylic acids is 1. The maximum atomic E-state index is 15.4. The summed E-state index contributed by atoms with van der Waals surface area (Å²) in [5, 5.41) is 79.6. The SMILES string of the molecule is CC[C@H](C)[C@@H]1NC(=O)[C@H](CC(N)=O)NC(=O)[C@H](Cc2ccccc2)NC(=O)[C@H](Cc2ccccc2)NC(=O)[C@H](Cc2ccccc2)NC(=O)[C@H](Cc2c[nH]cn2)NC(=O)[C@H](C(C)C)NC(=O)[C@H](C(C)C)NC(=O)[C@@H]2CCCN2C(=O)[C@H](CC(N)=O)NC(=O)[C@H](CCC(=O)O)NC(=O)[C@@H]2CCCN2C(=O)[C@H]([C@@H](C)O)NC(=O)[C@H](CCCNC(=N)N)NC(=O)[C@@H]2CCCN2C(=O)[C@H]([C@@H](C)O)NC(=O)[C@H](C(C)C)NC1=O. The van der Waals surface area contributed by atoms with Gasteiger partial charge in [-0.1, -0.05) is 153 Å². The Morgan fingerprint density at radius 2 is 0.699 bits per heavy atom. The Bertz CT molecular complexity index is 5150. The van der Waals surface area contributed by atoms with Crippen LogP contribution < -0.4 is 97.0 Å².